The minimum atomic E-state index is 0.920. The molecule has 0 amide bonds. The predicted octanol–water partition coefficient (Wildman–Crippen LogP) is 6.81. The molecule has 0 saturated heterocycles. The molecule has 0 unspecified atom stereocenters. The number of rotatable bonds is 2. The van der Waals surface area contributed by atoms with E-state index in [4.69, 9.17) is 9.97 Å². The number of nitrogens with zero attached hydrogens (tertiary/aromatic N) is 2. The Labute approximate surface area is 206 Å². The summed E-state index contributed by atoms with van der Waals surface area (Å²) in [5.41, 5.74) is 6.08. The maximum Gasteiger partial charge on any atom is 0.108 e. The van der Waals surface area contributed by atoms with Crippen LogP contribution in [0.25, 0.3) is 55.8 Å². The minimum absolute atomic E-state index is 0.920. The molecule has 0 saturated carbocycles. The minimum Gasteiger partial charge on any atom is -0.243 e. The average molecular weight is 465 g/mol. The first-order valence-electron chi connectivity index (χ1n) is 11.7. The molecule has 2 nitrogen and oxygen atoms in total. The number of thiophene rings is 1. The quantitative estimate of drug-likeness (QED) is 0.281. The summed E-state index contributed by atoms with van der Waals surface area (Å²) in [6.45, 7) is 0. The lowest BCUT2D eigenvalue weighted by molar-refractivity contribution is 1.40. The number of benzene rings is 5. The molecule has 164 valence electrons. The van der Waals surface area contributed by atoms with Crippen molar-refractivity contribution in [2.45, 2.75) is 0 Å². The van der Waals surface area contributed by atoms with Gasteiger partial charge in [0.1, 0.15) is 11.0 Å². The van der Waals surface area contributed by atoms with Gasteiger partial charge in [0.25, 0.3) is 0 Å². The molecule has 5 aromatic carbocycles. The van der Waals surface area contributed by atoms with Crippen LogP contribution in [-0.2, 0) is 0 Å². The van der Waals surface area contributed by atoms with E-state index in [0.29, 0.717) is 0 Å². The smallest absolute Gasteiger partial charge is 0.108 e. The van der Waals surface area contributed by atoms with Crippen LogP contribution in [0.1, 0.15) is 11.1 Å². The van der Waals surface area contributed by atoms with Crippen molar-refractivity contribution in [3.63, 3.8) is 0 Å². The van der Waals surface area contributed by atoms with Gasteiger partial charge < -0.3 is 0 Å². The van der Waals surface area contributed by atoms with Gasteiger partial charge in [-0.25, -0.2) is 9.97 Å². The summed E-state index contributed by atoms with van der Waals surface area (Å²) in [7, 11) is 0. The van der Waals surface area contributed by atoms with Crippen molar-refractivity contribution in [1.29, 1.82) is 0 Å². The highest BCUT2D eigenvalue weighted by atomic mass is 32.1. The second kappa shape index (κ2) is 8.15. The summed E-state index contributed by atoms with van der Waals surface area (Å²) < 4.78 is 2.25. The molecule has 0 radical (unpaired) electrons. The molecule has 0 N–H and O–H groups in total. The molecular formula is C32H20N2S. The molecule has 0 atom stereocenters. The third kappa shape index (κ3) is 3.67. The Morgan fingerprint density at radius 1 is 0.457 bits per heavy atom. The van der Waals surface area contributed by atoms with Gasteiger partial charge in [-0.2, -0.15) is 0 Å². The van der Waals surface area contributed by atoms with E-state index < -0.39 is 0 Å². The zero-order valence-corrected chi connectivity index (χ0v) is 19.7. The molecule has 2 aromatic heterocycles. The Morgan fingerprint density at radius 3 is 1.37 bits per heavy atom. The predicted molar refractivity (Wildman–Crippen MR) is 149 cm³/mol. The molecule has 0 bridgehead atoms. The Kier molecular flexibility index (Phi) is 4.68. The fourth-order valence-electron chi connectivity index (χ4n) is 4.65. The Morgan fingerprint density at radius 2 is 0.886 bits per heavy atom. The number of para-hydroxylation sites is 2. The molecular weight excluding hydrogens is 444 g/mol. The molecule has 0 aliphatic heterocycles. The van der Waals surface area contributed by atoms with E-state index in [2.05, 4.69) is 97.1 Å². The van der Waals surface area contributed by atoms with Gasteiger partial charge in [-0.15, -0.1) is 11.3 Å². The van der Waals surface area contributed by atoms with Gasteiger partial charge in [-0.1, -0.05) is 84.9 Å². The summed E-state index contributed by atoms with van der Waals surface area (Å²) in [5.74, 6) is 0. The van der Waals surface area contributed by atoms with Gasteiger partial charge in [0.05, 0.1) is 20.1 Å². The van der Waals surface area contributed by atoms with Crippen LogP contribution >= 0.6 is 11.3 Å². The Hall–Kier alpha value is -4.34. The van der Waals surface area contributed by atoms with Crippen molar-refractivity contribution in [3.05, 3.63) is 129 Å². The van der Waals surface area contributed by atoms with Crippen LogP contribution in [0, 0.1) is 0 Å². The second-order valence-corrected chi connectivity index (χ2v) is 9.83. The maximum absolute atomic E-state index is 5.05. The van der Waals surface area contributed by atoms with Crippen LogP contribution in [-0.4, -0.2) is 9.97 Å². The topological polar surface area (TPSA) is 25.8 Å². The van der Waals surface area contributed by atoms with Gasteiger partial charge in [-0.3, -0.25) is 0 Å². The van der Waals surface area contributed by atoms with Crippen molar-refractivity contribution in [1.82, 2.24) is 9.97 Å². The standard InChI is InChI=1S/C32H20N2S/c1-3-9-25-17-21(13-15-23(25)7-1)19-29-31-32(34-28-12-6-5-11-27(28)33-31)30(35-29)20-22-14-16-24-8-2-4-10-26(24)18-22/h1-20H/b29-19-,30-20+. The first-order valence-corrected chi connectivity index (χ1v) is 12.5. The SMILES string of the molecule is C(/c1ccc2ccccc2c1)=c1/s/c(=C/c2ccc3ccccc3c2)c2nc3ccccc3nc12. The van der Waals surface area contributed by atoms with E-state index in [1.807, 2.05) is 24.3 Å². The zero-order chi connectivity index (χ0) is 23.2. The van der Waals surface area contributed by atoms with Gasteiger partial charge in [0, 0.05) is 0 Å². The van der Waals surface area contributed by atoms with Crippen molar-refractivity contribution < 1.29 is 0 Å². The number of hydrogen-bond acceptors (Lipinski definition) is 3. The molecule has 0 fully saturated rings. The van der Waals surface area contributed by atoms with Crippen molar-refractivity contribution in [3.8, 4) is 0 Å². The molecule has 7 aromatic rings. The monoisotopic (exact) mass is 464 g/mol. The second-order valence-electron chi connectivity index (χ2n) is 8.74. The highest BCUT2D eigenvalue weighted by Crippen LogP contribution is 2.19. The summed E-state index contributed by atoms with van der Waals surface area (Å²) >= 11 is 1.75. The summed E-state index contributed by atoms with van der Waals surface area (Å²) in [4.78, 5) is 10.1. The average Bonchev–Trinajstić information content (AvgIpc) is 3.22. The summed E-state index contributed by atoms with van der Waals surface area (Å²) in [6, 6.07) is 38.2. The zero-order valence-electron chi connectivity index (χ0n) is 18.8. The van der Waals surface area contributed by atoms with Gasteiger partial charge >= 0.3 is 0 Å². The first kappa shape index (κ1) is 20.1. The Balaban J connectivity index is 1.49. The highest BCUT2D eigenvalue weighted by molar-refractivity contribution is 7.09. The van der Waals surface area contributed by atoms with Crippen molar-refractivity contribution >= 4 is 67.1 Å². The number of hydrogen-bond donors (Lipinski definition) is 0. The van der Waals surface area contributed by atoms with E-state index in [1.54, 1.807) is 11.3 Å². The molecule has 0 aliphatic rings. The lowest BCUT2D eigenvalue weighted by Gasteiger charge is -1.99. The summed E-state index contributed by atoms with van der Waals surface area (Å²) in [5, 5.41) is 4.97. The third-order valence-electron chi connectivity index (χ3n) is 6.40. The fourth-order valence-corrected chi connectivity index (χ4v) is 5.76. The van der Waals surface area contributed by atoms with Gasteiger partial charge in [0.2, 0.25) is 0 Å². The largest absolute Gasteiger partial charge is 0.243 e. The van der Waals surface area contributed by atoms with E-state index in [9.17, 15) is 0 Å². The lowest BCUT2D eigenvalue weighted by atomic mass is 10.1. The third-order valence-corrected chi connectivity index (χ3v) is 7.46. The first-order chi connectivity index (χ1) is 17.3. The molecule has 35 heavy (non-hydrogen) atoms. The van der Waals surface area contributed by atoms with E-state index in [-0.39, 0.29) is 0 Å². The molecule has 2 heterocycles. The highest BCUT2D eigenvalue weighted by Gasteiger charge is 2.08. The number of aromatic nitrogens is 2. The molecule has 0 spiro atoms. The van der Waals surface area contributed by atoms with Crippen LogP contribution in [0.2, 0.25) is 0 Å². The fraction of sp³-hybridized carbons (Fsp3) is 0. The maximum atomic E-state index is 5.05. The van der Waals surface area contributed by atoms with Crippen molar-refractivity contribution in [2.75, 3.05) is 0 Å². The molecule has 3 heteroatoms. The van der Waals surface area contributed by atoms with Crippen LogP contribution in [0.15, 0.2) is 109 Å². The van der Waals surface area contributed by atoms with Gasteiger partial charge in [0.15, 0.2) is 0 Å². The molecule has 7 rings (SSSR count). The number of fused-ring (bicyclic) bond motifs is 4. The van der Waals surface area contributed by atoms with Crippen molar-refractivity contribution in [2.24, 2.45) is 0 Å². The van der Waals surface area contributed by atoms with Crippen LogP contribution < -0.4 is 9.06 Å². The summed E-state index contributed by atoms with van der Waals surface area (Å²) in [6.07, 6.45) is 4.47. The molecule has 0 aliphatic carbocycles. The van der Waals surface area contributed by atoms with E-state index in [0.717, 1.165) is 31.1 Å². The normalized spacial score (nSPS) is 12.9. The Bertz CT molecular complexity index is 1870. The van der Waals surface area contributed by atoms with Crippen LogP contribution in [0.4, 0.5) is 0 Å². The van der Waals surface area contributed by atoms with Gasteiger partial charge in [-0.05, 0) is 69.1 Å². The lowest BCUT2D eigenvalue weighted by Crippen LogP contribution is -1.98. The van der Waals surface area contributed by atoms with E-state index in [1.165, 1.54) is 32.7 Å². The van der Waals surface area contributed by atoms with E-state index >= 15 is 0 Å². The van der Waals surface area contributed by atoms with Crippen LogP contribution in [0.3, 0.4) is 0 Å². The van der Waals surface area contributed by atoms with Crippen LogP contribution in [0.5, 0.6) is 0 Å².